The number of likely N-dealkylation sites (N-methyl/N-ethyl adjacent to an activating group) is 1. The first kappa shape index (κ1) is 27.3. The molecular weight excluding hydrogens is 410 g/mol. The molecule has 0 aliphatic rings. The van der Waals surface area contributed by atoms with Crippen LogP contribution in [0.25, 0.3) is 0 Å². The van der Waals surface area contributed by atoms with Crippen LogP contribution in [0.3, 0.4) is 0 Å². The Morgan fingerprint density at radius 2 is 1.75 bits per heavy atom. The molecule has 180 valence electrons. The van der Waals surface area contributed by atoms with E-state index in [1.807, 2.05) is 13.8 Å². The highest BCUT2D eigenvalue weighted by Crippen LogP contribution is 2.25. The molecule has 3 N–H and O–H groups in total. The monoisotopic (exact) mass is 449 g/mol. The Morgan fingerprint density at radius 3 is 2.25 bits per heavy atom. The number of nitrogens with one attached hydrogen (secondary N) is 2. The summed E-state index contributed by atoms with van der Waals surface area (Å²) in [5.41, 5.74) is -0.234. The Labute approximate surface area is 191 Å². The van der Waals surface area contributed by atoms with Gasteiger partial charge in [-0.25, -0.2) is 4.79 Å². The largest absolute Gasteiger partial charge is 0.508 e. The van der Waals surface area contributed by atoms with E-state index in [9.17, 15) is 19.5 Å². The maximum absolute atomic E-state index is 13.4. The quantitative estimate of drug-likeness (QED) is 0.532. The van der Waals surface area contributed by atoms with Crippen molar-refractivity contribution in [3.63, 3.8) is 0 Å². The topological polar surface area (TPSA) is 108 Å². The first-order valence-corrected chi connectivity index (χ1v) is 11.1. The van der Waals surface area contributed by atoms with Crippen molar-refractivity contribution in [1.29, 1.82) is 0 Å². The minimum Gasteiger partial charge on any atom is -0.508 e. The highest BCUT2D eigenvalue weighted by atomic mass is 16.6. The van der Waals surface area contributed by atoms with E-state index in [2.05, 4.69) is 10.6 Å². The van der Waals surface area contributed by atoms with E-state index in [1.54, 1.807) is 46.8 Å². The van der Waals surface area contributed by atoms with Crippen molar-refractivity contribution in [3.05, 3.63) is 29.8 Å². The zero-order valence-corrected chi connectivity index (χ0v) is 20.6. The summed E-state index contributed by atoms with van der Waals surface area (Å²) in [6.45, 7) is 12.8. The molecule has 0 saturated heterocycles. The smallest absolute Gasteiger partial charge is 0.408 e. The van der Waals surface area contributed by atoms with Crippen LogP contribution in [0.2, 0.25) is 0 Å². The van der Waals surface area contributed by atoms with Gasteiger partial charge in [-0.05, 0) is 57.7 Å². The zero-order chi connectivity index (χ0) is 24.6. The molecule has 3 amide bonds. The molecule has 0 heterocycles. The van der Waals surface area contributed by atoms with Crippen molar-refractivity contribution in [3.8, 4) is 5.75 Å². The second-order valence-corrected chi connectivity index (χ2v) is 9.51. The number of hydrogen-bond donors (Lipinski definition) is 3. The molecule has 3 atom stereocenters. The predicted molar refractivity (Wildman–Crippen MR) is 124 cm³/mol. The van der Waals surface area contributed by atoms with Crippen LogP contribution in [0.1, 0.15) is 72.9 Å². The molecule has 3 unspecified atom stereocenters. The van der Waals surface area contributed by atoms with Gasteiger partial charge in [0.1, 0.15) is 23.4 Å². The average molecular weight is 450 g/mol. The second-order valence-electron chi connectivity index (χ2n) is 9.51. The molecule has 0 aliphatic heterocycles. The van der Waals surface area contributed by atoms with Crippen molar-refractivity contribution < 1.29 is 24.2 Å². The summed E-state index contributed by atoms with van der Waals surface area (Å²) in [4.78, 5) is 40.2. The van der Waals surface area contributed by atoms with Gasteiger partial charge in [-0.3, -0.25) is 9.59 Å². The predicted octanol–water partition coefficient (Wildman–Crippen LogP) is 3.75. The standard InChI is InChI=1S/C24H39N3O5/c1-9-11-16(4)25-21(29)20(17-12-10-13-18(28)14-17)27(8)22(30)19(15(2)3)26-23(31)32-24(5,6)7/h10,12-16,19-20,28H,9,11H2,1-8H3,(H,25,29)(H,26,31). The van der Waals surface area contributed by atoms with E-state index in [4.69, 9.17) is 4.74 Å². The van der Waals surface area contributed by atoms with Gasteiger partial charge in [0.15, 0.2) is 0 Å². The SMILES string of the molecule is CCCC(C)NC(=O)C(c1cccc(O)c1)N(C)C(=O)C(NC(=O)OC(C)(C)C)C(C)C. The van der Waals surface area contributed by atoms with Crippen LogP contribution >= 0.6 is 0 Å². The minimum absolute atomic E-state index is 0.00459. The number of phenolic OH excluding ortho intramolecular Hbond substituents is 1. The summed E-state index contributed by atoms with van der Waals surface area (Å²) in [5, 5.41) is 15.5. The van der Waals surface area contributed by atoms with Crippen LogP contribution in [0.5, 0.6) is 5.75 Å². The Hall–Kier alpha value is -2.77. The molecule has 1 aromatic rings. The Bertz CT molecular complexity index is 788. The maximum Gasteiger partial charge on any atom is 0.408 e. The van der Waals surface area contributed by atoms with Gasteiger partial charge in [0.25, 0.3) is 0 Å². The lowest BCUT2D eigenvalue weighted by Gasteiger charge is -2.33. The molecule has 0 spiro atoms. The third-order valence-corrected chi connectivity index (χ3v) is 4.88. The lowest BCUT2D eigenvalue weighted by molar-refractivity contribution is -0.141. The normalized spacial score (nSPS) is 14.3. The number of carbonyl (C=O) groups excluding carboxylic acids is 3. The molecule has 8 nitrogen and oxygen atoms in total. The molecule has 32 heavy (non-hydrogen) atoms. The van der Waals surface area contributed by atoms with Gasteiger partial charge in [-0.15, -0.1) is 0 Å². The number of carbonyl (C=O) groups is 3. The lowest BCUT2D eigenvalue weighted by Crippen LogP contribution is -2.54. The van der Waals surface area contributed by atoms with E-state index < -0.39 is 29.7 Å². The van der Waals surface area contributed by atoms with Crippen LogP contribution in [-0.2, 0) is 14.3 Å². The van der Waals surface area contributed by atoms with Gasteiger partial charge in [0, 0.05) is 13.1 Å². The van der Waals surface area contributed by atoms with Crippen molar-refractivity contribution >= 4 is 17.9 Å². The van der Waals surface area contributed by atoms with Gasteiger partial charge in [-0.1, -0.05) is 39.3 Å². The minimum atomic E-state index is -0.976. The number of amides is 3. The number of hydrogen-bond acceptors (Lipinski definition) is 5. The third-order valence-electron chi connectivity index (χ3n) is 4.88. The maximum atomic E-state index is 13.4. The van der Waals surface area contributed by atoms with E-state index in [0.717, 1.165) is 12.8 Å². The highest BCUT2D eigenvalue weighted by molar-refractivity contribution is 5.92. The van der Waals surface area contributed by atoms with E-state index in [-0.39, 0.29) is 23.6 Å². The molecule has 1 rings (SSSR count). The fraction of sp³-hybridized carbons (Fsp3) is 0.625. The van der Waals surface area contributed by atoms with Gasteiger partial charge in [0.2, 0.25) is 11.8 Å². The van der Waals surface area contributed by atoms with E-state index in [1.165, 1.54) is 24.1 Å². The summed E-state index contributed by atoms with van der Waals surface area (Å²) < 4.78 is 5.30. The number of rotatable bonds is 9. The summed E-state index contributed by atoms with van der Waals surface area (Å²) in [7, 11) is 1.52. The van der Waals surface area contributed by atoms with Crippen molar-refractivity contribution in [1.82, 2.24) is 15.5 Å². The lowest BCUT2D eigenvalue weighted by atomic mass is 9.99. The van der Waals surface area contributed by atoms with E-state index >= 15 is 0 Å². The molecular formula is C24H39N3O5. The molecule has 0 aliphatic carbocycles. The molecule has 0 radical (unpaired) electrons. The van der Waals surface area contributed by atoms with Gasteiger partial charge in [-0.2, -0.15) is 0 Å². The average Bonchev–Trinajstić information content (AvgIpc) is 2.64. The van der Waals surface area contributed by atoms with E-state index in [0.29, 0.717) is 5.56 Å². The van der Waals surface area contributed by atoms with Gasteiger partial charge in [0.05, 0.1) is 0 Å². The van der Waals surface area contributed by atoms with Gasteiger partial charge >= 0.3 is 6.09 Å². The van der Waals surface area contributed by atoms with Gasteiger partial charge < -0.3 is 25.4 Å². The Balaban J connectivity index is 3.22. The molecule has 1 aromatic carbocycles. The molecule has 8 heteroatoms. The van der Waals surface area contributed by atoms with Crippen LogP contribution in [0.4, 0.5) is 4.79 Å². The van der Waals surface area contributed by atoms with Crippen LogP contribution < -0.4 is 10.6 Å². The molecule has 0 aromatic heterocycles. The first-order chi connectivity index (χ1) is 14.8. The Morgan fingerprint density at radius 1 is 1.12 bits per heavy atom. The summed E-state index contributed by atoms with van der Waals surface area (Å²) in [6.07, 6.45) is 1.00. The number of ether oxygens (including phenoxy) is 1. The number of benzene rings is 1. The fourth-order valence-electron chi connectivity index (χ4n) is 3.37. The second kappa shape index (κ2) is 11.7. The fourth-order valence-corrected chi connectivity index (χ4v) is 3.37. The number of phenols is 1. The molecule has 0 fully saturated rings. The van der Waals surface area contributed by atoms with Crippen molar-refractivity contribution in [2.24, 2.45) is 5.92 Å². The summed E-state index contributed by atoms with van der Waals surface area (Å²) in [6, 6.07) is 4.33. The number of aromatic hydroxyl groups is 1. The summed E-state index contributed by atoms with van der Waals surface area (Å²) in [5.74, 6) is -1.04. The van der Waals surface area contributed by atoms with Crippen molar-refractivity contribution in [2.75, 3.05) is 7.05 Å². The van der Waals surface area contributed by atoms with Crippen LogP contribution in [0.15, 0.2) is 24.3 Å². The first-order valence-electron chi connectivity index (χ1n) is 11.1. The summed E-state index contributed by atoms with van der Waals surface area (Å²) >= 11 is 0. The van der Waals surface area contributed by atoms with Crippen LogP contribution in [-0.4, -0.2) is 52.6 Å². The Kier molecular flexibility index (Phi) is 10.0. The van der Waals surface area contributed by atoms with Crippen molar-refractivity contribution in [2.45, 2.75) is 85.0 Å². The van der Waals surface area contributed by atoms with Crippen LogP contribution in [0, 0.1) is 5.92 Å². The number of nitrogens with zero attached hydrogens (tertiary/aromatic N) is 1. The number of alkyl carbamates (subject to hydrolysis) is 1. The highest BCUT2D eigenvalue weighted by Gasteiger charge is 2.35. The zero-order valence-electron chi connectivity index (χ0n) is 20.6. The molecule has 0 bridgehead atoms. The molecule has 0 saturated carbocycles. The third kappa shape index (κ3) is 8.40.